The van der Waals surface area contributed by atoms with Gasteiger partial charge in [0.1, 0.15) is 0 Å². The number of hydrogen-bond acceptors (Lipinski definition) is 2. The van der Waals surface area contributed by atoms with Crippen LogP contribution in [0.3, 0.4) is 0 Å². The van der Waals surface area contributed by atoms with Gasteiger partial charge in [-0.2, -0.15) is 0 Å². The highest BCUT2D eigenvalue weighted by molar-refractivity contribution is 6.30. The monoisotopic (exact) mass is 238 g/mol. The van der Waals surface area contributed by atoms with Gasteiger partial charge < -0.3 is 10.2 Å². The molecule has 2 nitrogen and oxygen atoms in total. The summed E-state index contributed by atoms with van der Waals surface area (Å²) in [5.41, 5.74) is 2.62. The molecular formula is C13H19ClN2. The van der Waals surface area contributed by atoms with Crippen molar-refractivity contribution in [1.29, 1.82) is 0 Å². The second-order valence-corrected chi connectivity index (χ2v) is 5.14. The van der Waals surface area contributed by atoms with E-state index in [-0.39, 0.29) is 0 Å². The van der Waals surface area contributed by atoms with Crippen LogP contribution in [-0.2, 0) is 6.54 Å². The molecule has 1 fully saturated rings. The van der Waals surface area contributed by atoms with Gasteiger partial charge in [-0.3, -0.25) is 0 Å². The van der Waals surface area contributed by atoms with Crippen molar-refractivity contribution in [2.75, 3.05) is 20.1 Å². The van der Waals surface area contributed by atoms with E-state index in [2.05, 4.69) is 30.3 Å². The third-order valence-electron chi connectivity index (χ3n) is 3.28. The van der Waals surface area contributed by atoms with Crippen LogP contribution in [0.15, 0.2) is 18.2 Å². The van der Waals surface area contributed by atoms with Crippen LogP contribution >= 0.6 is 11.6 Å². The minimum atomic E-state index is 0.639. The Hall–Kier alpha value is -0.570. The first-order valence-electron chi connectivity index (χ1n) is 5.82. The van der Waals surface area contributed by atoms with E-state index in [0.717, 1.165) is 18.1 Å². The quantitative estimate of drug-likeness (QED) is 0.870. The fourth-order valence-corrected chi connectivity index (χ4v) is 2.44. The Kier molecular flexibility index (Phi) is 3.85. The van der Waals surface area contributed by atoms with E-state index in [1.165, 1.54) is 24.1 Å². The smallest absolute Gasteiger partial charge is 0.0408 e. The van der Waals surface area contributed by atoms with E-state index in [1.807, 2.05) is 12.1 Å². The van der Waals surface area contributed by atoms with E-state index in [4.69, 9.17) is 11.6 Å². The Morgan fingerprint density at radius 2 is 2.31 bits per heavy atom. The van der Waals surface area contributed by atoms with E-state index < -0.39 is 0 Å². The van der Waals surface area contributed by atoms with Gasteiger partial charge in [-0.15, -0.1) is 0 Å². The second kappa shape index (κ2) is 5.17. The number of hydrogen-bond donors (Lipinski definition) is 1. The Bertz CT molecular complexity index is 365. The summed E-state index contributed by atoms with van der Waals surface area (Å²) in [5, 5.41) is 4.42. The summed E-state index contributed by atoms with van der Waals surface area (Å²) in [6.07, 6.45) is 1.25. The van der Waals surface area contributed by atoms with E-state index in [9.17, 15) is 0 Å². The first kappa shape index (κ1) is 11.9. The van der Waals surface area contributed by atoms with Crippen molar-refractivity contribution < 1.29 is 0 Å². The van der Waals surface area contributed by atoms with Crippen LogP contribution in [0.5, 0.6) is 0 Å². The molecule has 1 heterocycles. The van der Waals surface area contributed by atoms with Crippen molar-refractivity contribution in [2.45, 2.75) is 25.9 Å². The minimum absolute atomic E-state index is 0.639. The fourth-order valence-electron chi connectivity index (χ4n) is 2.21. The third-order valence-corrected chi connectivity index (χ3v) is 3.51. The summed E-state index contributed by atoms with van der Waals surface area (Å²) in [6.45, 7) is 5.43. The molecule has 0 spiro atoms. The molecule has 0 amide bonds. The largest absolute Gasteiger partial charge is 0.309 e. The molecule has 1 N–H and O–H groups in total. The van der Waals surface area contributed by atoms with Crippen molar-refractivity contribution in [3.63, 3.8) is 0 Å². The van der Waals surface area contributed by atoms with Gasteiger partial charge in [0, 0.05) is 24.2 Å². The van der Waals surface area contributed by atoms with Gasteiger partial charge in [0.05, 0.1) is 0 Å². The van der Waals surface area contributed by atoms with Gasteiger partial charge >= 0.3 is 0 Å². The molecule has 1 unspecified atom stereocenters. The predicted octanol–water partition coefficient (Wildman–Crippen LogP) is 2.44. The number of benzene rings is 1. The van der Waals surface area contributed by atoms with Gasteiger partial charge in [0.25, 0.3) is 0 Å². The van der Waals surface area contributed by atoms with Crippen molar-refractivity contribution in [1.82, 2.24) is 10.2 Å². The molecule has 0 saturated carbocycles. The predicted molar refractivity (Wildman–Crippen MR) is 68.9 cm³/mol. The molecule has 1 aliphatic rings. The molecule has 16 heavy (non-hydrogen) atoms. The minimum Gasteiger partial charge on any atom is -0.309 e. The highest BCUT2D eigenvalue weighted by Gasteiger charge is 2.18. The van der Waals surface area contributed by atoms with E-state index in [1.54, 1.807) is 0 Å². The Labute approximate surface area is 103 Å². The van der Waals surface area contributed by atoms with Crippen molar-refractivity contribution >= 4 is 11.6 Å². The van der Waals surface area contributed by atoms with Crippen molar-refractivity contribution in [3.8, 4) is 0 Å². The summed E-state index contributed by atoms with van der Waals surface area (Å²) in [5.74, 6) is 0. The molecule has 2 rings (SSSR count). The van der Waals surface area contributed by atoms with Gasteiger partial charge in [0.2, 0.25) is 0 Å². The molecular weight excluding hydrogens is 220 g/mol. The van der Waals surface area contributed by atoms with Crippen LogP contribution in [-0.4, -0.2) is 31.1 Å². The Balaban J connectivity index is 1.89. The standard InChI is InChI=1S/C13H19ClN2/c1-10-7-12(14)4-3-11(10)8-15-13-5-6-16(2)9-13/h3-4,7,13,15H,5-6,8-9H2,1-2H3. The van der Waals surface area contributed by atoms with Crippen molar-refractivity contribution in [3.05, 3.63) is 34.3 Å². The lowest BCUT2D eigenvalue weighted by atomic mass is 10.1. The molecule has 0 aliphatic carbocycles. The molecule has 0 radical (unpaired) electrons. The zero-order chi connectivity index (χ0) is 11.5. The maximum absolute atomic E-state index is 5.94. The van der Waals surface area contributed by atoms with Crippen LogP contribution in [0.1, 0.15) is 17.5 Å². The molecule has 1 aliphatic heterocycles. The van der Waals surface area contributed by atoms with Crippen LogP contribution in [0.4, 0.5) is 0 Å². The molecule has 1 aromatic rings. The van der Waals surface area contributed by atoms with E-state index in [0.29, 0.717) is 6.04 Å². The number of likely N-dealkylation sites (N-methyl/N-ethyl adjacent to an activating group) is 1. The number of aryl methyl sites for hydroxylation is 1. The highest BCUT2D eigenvalue weighted by Crippen LogP contribution is 2.15. The summed E-state index contributed by atoms with van der Waals surface area (Å²) in [6, 6.07) is 6.75. The van der Waals surface area contributed by atoms with Crippen LogP contribution in [0.25, 0.3) is 0 Å². The molecule has 1 aromatic carbocycles. The number of rotatable bonds is 3. The number of likely N-dealkylation sites (tertiary alicyclic amines) is 1. The molecule has 88 valence electrons. The second-order valence-electron chi connectivity index (χ2n) is 4.70. The Morgan fingerprint density at radius 1 is 1.50 bits per heavy atom. The first-order valence-corrected chi connectivity index (χ1v) is 6.20. The highest BCUT2D eigenvalue weighted by atomic mass is 35.5. The molecule has 1 atom stereocenters. The summed E-state index contributed by atoms with van der Waals surface area (Å²) in [4.78, 5) is 2.37. The normalized spacial score (nSPS) is 21.6. The number of halogens is 1. The van der Waals surface area contributed by atoms with Crippen LogP contribution in [0.2, 0.25) is 5.02 Å². The zero-order valence-corrected chi connectivity index (χ0v) is 10.7. The maximum atomic E-state index is 5.94. The number of nitrogens with one attached hydrogen (secondary N) is 1. The summed E-state index contributed by atoms with van der Waals surface area (Å²) < 4.78 is 0. The lowest BCUT2D eigenvalue weighted by Crippen LogP contribution is -2.31. The molecule has 0 aromatic heterocycles. The van der Waals surface area contributed by atoms with Crippen LogP contribution < -0.4 is 5.32 Å². The average molecular weight is 239 g/mol. The van der Waals surface area contributed by atoms with Gasteiger partial charge in [0.15, 0.2) is 0 Å². The lowest BCUT2D eigenvalue weighted by Gasteiger charge is -2.14. The first-order chi connectivity index (χ1) is 7.65. The molecule has 1 saturated heterocycles. The zero-order valence-electron chi connectivity index (χ0n) is 9.96. The summed E-state index contributed by atoms with van der Waals surface area (Å²) >= 11 is 5.94. The topological polar surface area (TPSA) is 15.3 Å². The molecule has 3 heteroatoms. The SMILES string of the molecule is Cc1cc(Cl)ccc1CNC1CCN(C)C1. The maximum Gasteiger partial charge on any atom is 0.0408 e. The third kappa shape index (κ3) is 2.97. The Morgan fingerprint density at radius 3 is 2.94 bits per heavy atom. The van der Waals surface area contributed by atoms with Gasteiger partial charge in [-0.1, -0.05) is 17.7 Å². The summed E-state index contributed by atoms with van der Waals surface area (Å²) in [7, 11) is 2.18. The average Bonchev–Trinajstić information content (AvgIpc) is 2.63. The molecule has 0 bridgehead atoms. The van der Waals surface area contributed by atoms with E-state index >= 15 is 0 Å². The fraction of sp³-hybridized carbons (Fsp3) is 0.538. The van der Waals surface area contributed by atoms with Crippen LogP contribution in [0, 0.1) is 6.92 Å². The lowest BCUT2D eigenvalue weighted by molar-refractivity contribution is 0.397. The van der Waals surface area contributed by atoms with Gasteiger partial charge in [-0.05, 0) is 50.2 Å². The van der Waals surface area contributed by atoms with Gasteiger partial charge in [-0.25, -0.2) is 0 Å². The van der Waals surface area contributed by atoms with Crippen molar-refractivity contribution in [2.24, 2.45) is 0 Å². The number of nitrogens with zero attached hydrogens (tertiary/aromatic N) is 1.